The Kier molecular flexibility index (Phi) is 6.97. The van der Waals surface area contributed by atoms with Crippen molar-refractivity contribution in [1.29, 1.82) is 0 Å². The highest BCUT2D eigenvalue weighted by Gasteiger charge is 2.32. The quantitative estimate of drug-likeness (QED) is 0.431. The molecule has 3 aromatic rings. The minimum Gasteiger partial charge on any atom is -0.326 e. The Labute approximate surface area is 190 Å². The van der Waals surface area contributed by atoms with Crippen LogP contribution in [0.5, 0.6) is 0 Å². The van der Waals surface area contributed by atoms with Crippen LogP contribution >= 0.6 is 11.8 Å². The highest BCUT2D eigenvalue weighted by molar-refractivity contribution is 8.00. The molecule has 0 unspecified atom stereocenters. The van der Waals surface area contributed by atoms with Gasteiger partial charge in [-0.05, 0) is 35.7 Å². The molecule has 2 amide bonds. The van der Waals surface area contributed by atoms with Crippen molar-refractivity contribution in [2.45, 2.75) is 11.8 Å². The number of nitrogens with zero attached hydrogens (tertiary/aromatic N) is 2. The topological polar surface area (TPSA) is 61.8 Å². The van der Waals surface area contributed by atoms with Crippen LogP contribution in [-0.2, 0) is 11.2 Å². The summed E-state index contributed by atoms with van der Waals surface area (Å²) in [6.07, 6.45) is 2.07. The molecule has 32 heavy (non-hydrogen) atoms. The van der Waals surface area contributed by atoms with Crippen molar-refractivity contribution in [3.63, 3.8) is 0 Å². The van der Waals surface area contributed by atoms with Gasteiger partial charge in [0.15, 0.2) is 0 Å². The van der Waals surface area contributed by atoms with Gasteiger partial charge in [0.05, 0.1) is 12.0 Å². The summed E-state index contributed by atoms with van der Waals surface area (Å²) in [5.41, 5.74) is 5.31. The average molecular weight is 448 g/mol. The van der Waals surface area contributed by atoms with Crippen LogP contribution in [0.1, 0.15) is 32.4 Å². The van der Waals surface area contributed by atoms with E-state index in [4.69, 9.17) is 0 Å². The predicted octanol–water partition coefficient (Wildman–Crippen LogP) is 4.41. The molecule has 0 spiro atoms. The van der Waals surface area contributed by atoms with E-state index in [1.165, 1.54) is 17.8 Å². The molecule has 0 bridgehead atoms. The molecule has 3 aromatic carbocycles. The first-order valence-electron chi connectivity index (χ1n) is 10.2. The van der Waals surface area contributed by atoms with Gasteiger partial charge in [0, 0.05) is 17.7 Å². The summed E-state index contributed by atoms with van der Waals surface area (Å²) in [6.45, 7) is 0.646. The maximum absolute atomic E-state index is 13.6. The third kappa shape index (κ3) is 5.23. The molecular formula is C25H22FN3O2S. The number of amides is 2. The number of benzene rings is 3. The fourth-order valence-electron chi connectivity index (χ4n) is 3.47. The van der Waals surface area contributed by atoms with E-state index in [0.717, 1.165) is 12.0 Å². The number of carbonyl (C=O) groups excluding carboxylic acids is 2. The van der Waals surface area contributed by atoms with Crippen molar-refractivity contribution in [2.75, 3.05) is 12.3 Å². The van der Waals surface area contributed by atoms with Crippen molar-refractivity contribution in [3.05, 3.63) is 107 Å². The van der Waals surface area contributed by atoms with E-state index in [1.807, 2.05) is 35.2 Å². The van der Waals surface area contributed by atoms with Crippen molar-refractivity contribution >= 4 is 29.8 Å². The molecule has 0 aromatic heterocycles. The molecule has 1 N–H and O–H groups in total. The SMILES string of the molecule is O=C(N/N=C\c1ccccc1F)c1ccc([C@@H]2SCC(=O)N2CCc2ccccc2)cc1. The molecule has 0 saturated carbocycles. The Morgan fingerprint density at radius 3 is 2.53 bits per heavy atom. The first-order valence-corrected chi connectivity index (χ1v) is 11.3. The van der Waals surface area contributed by atoms with Crippen LogP contribution in [0.2, 0.25) is 0 Å². The van der Waals surface area contributed by atoms with Crippen LogP contribution in [0.3, 0.4) is 0 Å². The predicted molar refractivity (Wildman–Crippen MR) is 125 cm³/mol. The lowest BCUT2D eigenvalue weighted by Gasteiger charge is -2.24. The summed E-state index contributed by atoms with van der Waals surface area (Å²) in [6, 6.07) is 23.4. The van der Waals surface area contributed by atoms with Gasteiger partial charge in [-0.1, -0.05) is 60.7 Å². The fraction of sp³-hybridized carbons (Fsp3) is 0.160. The fourth-order valence-corrected chi connectivity index (χ4v) is 4.69. The van der Waals surface area contributed by atoms with Crippen molar-refractivity contribution < 1.29 is 14.0 Å². The first-order chi connectivity index (χ1) is 15.6. The molecule has 1 aliphatic heterocycles. The number of hydrogen-bond donors (Lipinski definition) is 1. The summed E-state index contributed by atoms with van der Waals surface area (Å²) in [4.78, 5) is 26.6. The maximum atomic E-state index is 13.6. The molecule has 4 rings (SSSR count). The Morgan fingerprint density at radius 2 is 1.78 bits per heavy atom. The van der Waals surface area contributed by atoms with E-state index in [-0.39, 0.29) is 17.2 Å². The Hall–Kier alpha value is -3.45. The Bertz CT molecular complexity index is 1120. The number of halogens is 1. The normalized spacial score (nSPS) is 16.0. The lowest BCUT2D eigenvalue weighted by Crippen LogP contribution is -2.30. The molecule has 0 aliphatic carbocycles. The van der Waals surface area contributed by atoms with E-state index < -0.39 is 5.82 Å². The standard InChI is InChI=1S/C25H22FN3O2S/c26-22-9-5-4-8-21(22)16-27-28-24(31)19-10-12-20(13-11-19)25-29(23(30)17-32-25)15-14-18-6-2-1-3-7-18/h1-13,16,25H,14-15,17H2,(H,28,31)/b27-16-/t25-/m0/s1. The van der Waals surface area contributed by atoms with Gasteiger partial charge >= 0.3 is 0 Å². The lowest BCUT2D eigenvalue weighted by molar-refractivity contribution is -0.128. The van der Waals surface area contributed by atoms with Crippen LogP contribution < -0.4 is 5.43 Å². The molecular weight excluding hydrogens is 425 g/mol. The van der Waals surface area contributed by atoms with Gasteiger partial charge < -0.3 is 4.90 Å². The van der Waals surface area contributed by atoms with Crippen LogP contribution in [0.4, 0.5) is 4.39 Å². The molecule has 1 fully saturated rings. The van der Waals surface area contributed by atoms with E-state index in [1.54, 1.807) is 42.1 Å². The Morgan fingerprint density at radius 1 is 1.06 bits per heavy atom. The van der Waals surface area contributed by atoms with Crippen LogP contribution in [-0.4, -0.2) is 35.2 Å². The second-order valence-electron chi connectivity index (χ2n) is 7.33. The lowest BCUT2D eigenvalue weighted by atomic mass is 10.1. The third-order valence-electron chi connectivity index (χ3n) is 5.19. The van der Waals surface area contributed by atoms with Crippen LogP contribution in [0, 0.1) is 5.82 Å². The van der Waals surface area contributed by atoms with E-state index in [9.17, 15) is 14.0 Å². The molecule has 7 heteroatoms. The Balaban J connectivity index is 1.38. The summed E-state index contributed by atoms with van der Waals surface area (Å²) >= 11 is 1.59. The molecule has 0 radical (unpaired) electrons. The van der Waals surface area contributed by atoms with Gasteiger partial charge in [-0.15, -0.1) is 11.8 Å². The molecule has 1 heterocycles. The number of hydrazone groups is 1. The van der Waals surface area contributed by atoms with Gasteiger partial charge in [-0.2, -0.15) is 5.10 Å². The number of hydrogen-bond acceptors (Lipinski definition) is 4. The summed E-state index contributed by atoms with van der Waals surface area (Å²) in [5, 5.41) is 3.76. The summed E-state index contributed by atoms with van der Waals surface area (Å²) < 4.78 is 13.6. The number of rotatable bonds is 7. The largest absolute Gasteiger partial charge is 0.326 e. The number of carbonyl (C=O) groups is 2. The first kappa shape index (κ1) is 21.8. The smallest absolute Gasteiger partial charge is 0.271 e. The number of nitrogens with one attached hydrogen (secondary N) is 1. The van der Waals surface area contributed by atoms with Crippen molar-refractivity contribution in [2.24, 2.45) is 5.10 Å². The molecule has 1 atom stereocenters. The molecule has 1 saturated heterocycles. The average Bonchev–Trinajstić information content (AvgIpc) is 3.20. The monoisotopic (exact) mass is 447 g/mol. The van der Waals surface area contributed by atoms with E-state index in [2.05, 4.69) is 22.7 Å². The van der Waals surface area contributed by atoms with Gasteiger partial charge in [0.1, 0.15) is 11.2 Å². The second kappa shape index (κ2) is 10.2. The minimum absolute atomic E-state index is 0.0672. The molecule has 5 nitrogen and oxygen atoms in total. The van der Waals surface area contributed by atoms with Gasteiger partial charge in [-0.25, -0.2) is 9.82 Å². The highest BCUT2D eigenvalue weighted by Crippen LogP contribution is 2.38. The highest BCUT2D eigenvalue weighted by atomic mass is 32.2. The minimum atomic E-state index is -0.407. The maximum Gasteiger partial charge on any atom is 0.271 e. The summed E-state index contributed by atoms with van der Waals surface area (Å²) in [5.74, 6) is -0.220. The zero-order chi connectivity index (χ0) is 22.3. The van der Waals surface area contributed by atoms with Crippen molar-refractivity contribution in [3.8, 4) is 0 Å². The van der Waals surface area contributed by atoms with Crippen LogP contribution in [0.15, 0.2) is 84.0 Å². The van der Waals surface area contributed by atoms with E-state index in [0.29, 0.717) is 23.4 Å². The van der Waals surface area contributed by atoms with Crippen LogP contribution in [0.25, 0.3) is 0 Å². The number of thioether (sulfide) groups is 1. The second-order valence-corrected chi connectivity index (χ2v) is 8.40. The van der Waals surface area contributed by atoms with Gasteiger partial charge in [-0.3, -0.25) is 9.59 Å². The van der Waals surface area contributed by atoms with Gasteiger partial charge in [0.2, 0.25) is 5.91 Å². The third-order valence-corrected chi connectivity index (χ3v) is 6.44. The zero-order valence-electron chi connectivity index (χ0n) is 17.3. The summed E-state index contributed by atoms with van der Waals surface area (Å²) in [7, 11) is 0. The van der Waals surface area contributed by atoms with E-state index >= 15 is 0 Å². The van der Waals surface area contributed by atoms with Crippen molar-refractivity contribution in [1.82, 2.24) is 10.3 Å². The molecule has 1 aliphatic rings. The zero-order valence-corrected chi connectivity index (χ0v) is 18.1. The van der Waals surface area contributed by atoms with Gasteiger partial charge in [0.25, 0.3) is 5.91 Å². The molecule has 162 valence electrons.